The van der Waals surface area contributed by atoms with Gasteiger partial charge < -0.3 is 15.3 Å². The molecule has 1 aromatic rings. The summed E-state index contributed by atoms with van der Waals surface area (Å²) in [5.41, 5.74) is 0.0794. The Morgan fingerprint density at radius 3 is 2.33 bits per heavy atom. The molecule has 2 rings (SSSR count). The Morgan fingerprint density at radius 2 is 1.79 bits per heavy atom. The van der Waals surface area contributed by atoms with Gasteiger partial charge in [0.05, 0.1) is 11.6 Å². The molecule has 1 saturated carbocycles. The van der Waals surface area contributed by atoms with Crippen LogP contribution in [0.4, 0.5) is 4.39 Å². The van der Waals surface area contributed by atoms with Gasteiger partial charge in [0.25, 0.3) is 0 Å². The van der Waals surface area contributed by atoms with Crippen LogP contribution in [0.25, 0.3) is 0 Å². The van der Waals surface area contributed by atoms with E-state index in [1.54, 1.807) is 12.1 Å². The van der Waals surface area contributed by atoms with Crippen LogP contribution in [0.3, 0.4) is 0 Å². The number of benzene rings is 1. The number of carbonyl (C=O) groups excluding carboxylic acids is 1. The molecule has 0 aromatic heterocycles. The average molecular weight is 336 g/mol. The average Bonchev–Trinajstić information content (AvgIpc) is 2.62. The number of halogens is 1. The van der Waals surface area contributed by atoms with Gasteiger partial charge in [-0.1, -0.05) is 31.4 Å². The van der Waals surface area contributed by atoms with Gasteiger partial charge in [0.1, 0.15) is 5.82 Å². The molecule has 1 amide bonds. The van der Waals surface area contributed by atoms with Crippen molar-refractivity contribution in [1.82, 2.24) is 10.2 Å². The zero-order valence-electron chi connectivity index (χ0n) is 14.7. The molecule has 1 fully saturated rings. The molecule has 0 heterocycles. The van der Waals surface area contributed by atoms with Gasteiger partial charge >= 0.3 is 0 Å². The third kappa shape index (κ3) is 4.33. The van der Waals surface area contributed by atoms with Crippen LogP contribution in [0.5, 0.6) is 0 Å². The van der Waals surface area contributed by atoms with Gasteiger partial charge in [-0.15, -0.1) is 0 Å². The predicted molar refractivity (Wildman–Crippen MR) is 93.1 cm³/mol. The van der Waals surface area contributed by atoms with Gasteiger partial charge in [0.2, 0.25) is 5.91 Å². The highest BCUT2D eigenvalue weighted by Gasteiger charge is 2.41. The first kappa shape index (κ1) is 18.9. The number of aliphatic hydroxyl groups excluding tert-OH is 1. The number of nitrogens with one attached hydrogen (secondary N) is 1. The van der Waals surface area contributed by atoms with Crippen LogP contribution in [0.1, 0.15) is 57.6 Å². The van der Waals surface area contributed by atoms with Crippen molar-refractivity contribution in [2.75, 3.05) is 19.6 Å². The smallest absolute Gasteiger partial charge is 0.242 e. The van der Waals surface area contributed by atoms with E-state index in [1.807, 2.05) is 18.7 Å². The summed E-state index contributed by atoms with van der Waals surface area (Å²) in [5.74, 6) is -0.183. The lowest BCUT2D eigenvalue weighted by Crippen LogP contribution is -2.59. The quantitative estimate of drug-likeness (QED) is 0.805. The molecule has 24 heavy (non-hydrogen) atoms. The molecule has 0 radical (unpaired) electrons. The van der Waals surface area contributed by atoms with Crippen LogP contribution >= 0.6 is 0 Å². The largest absolute Gasteiger partial charge is 0.387 e. The van der Waals surface area contributed by atoms with Gasteiger partial charge in [-0.2, -0.15) is 0 Å². The van der Waals surface area contributed by atoms with Gasteiger partial charge in [0.15, 0.2) is 0 Å². The van der Waals surface area contributed by atoms with E-state index in [9.17, 15) is 14.3 Å². The Hall–Kier alpha value is -1.46. The van der Waals surface area contributed by atoms with E-state index >= 15 is 0 Å². The molecule has 2 N–H and O–H groups in total. The SMILES string of the molecule is CCN(CC)C(=O)C1(NCC(O)c2ccc(F)cc2)CCCCC1. The second-order valence-electron chi connectivity index (χ2n) is 6.57. The van der Waals surface area contributed by atoms with Gasteiger partial charge in [0, 0.05) is 19.6 Å². The summed E-state index contributed by atoms with van der Waals surface area (Å²) in [6.07, 6.45) is 4.04. The number of rotatable bonds is 7. The molecular formula is C19H29FN2O2. The van der Waals surface area contributed by atoms with E-state index in [1.165, 1.54) is 12.1 Å². The minimum absolute atomic E-state index is 0.138. The van der Waals surface area contributed by atoms with E-state index in [-0.39, 0.29) is 11.7 Å². The van der Waals surface area contributed by atoms with Crippen molar-refractivity contribution in [3.8, 4) is 0 Å². The third-order valence-corrected chi connectivity index (χ3v) is 5.06. The van der Waals surface area contributed by atoms with Crippen molar-refractivity contribution in [2.24, 2.45) is 0 Å². The minimum atomic E-state index is -0.756. The van der Waals surface area contributed by atoms with Crippen molar-refractivity contribution in [3.05, 3.63) is 35.6 Å². The lowest BCUT2D eigenvalue weighted by atomic mass is 9.80. The summed E-state index contributed by atoms with van der Waals surface area (Å²) < 4.78 is 13.0. The van der Waals surface area contributed by atoms with Gasteiger partial charge in [-0.3, -0.25) is 4.79 Å². The number of hydrogen-bond donors (Lipinski definition) is 2. The first-order valence-electron chi connectivity index (χ1n) is 9.00. The van der Waals surface area contributed by atoms with E-state index in [0.29, 0.717) is 25.2 Å². The Labute approximate surface area is 144 Å². The van der Waals surface area contributed by atoms with Crippen LogP contribution in [-0.4, -0.2) is 41.1 Å². The van der Waals surface area contributed by atoms with Crippen LogP contribution in [0, 0.1) is 5.82 Å². The van der Waals surface area contributed by atoms with Gasteiger partial charge in [-0.05, 0) is 44.4 Å². The number of amides is 1. The molecule has 4 nitrogen and oxygen atoms in total. The second-order valence-corrected chi connectivity index (χ2v) is 6.57. The minimum Gasteiger partial charge on any atom is -0.387 e. The monoisotopic (exact) mass is 336 g/mol. The van der Waals surface area contributed by atoms with Crippen molar-refractivity contribution in [3.63, 3.8) is 0 Å². The first-order chi connectivity index (χ1) is 11.5. The molecule has 1 atom stereocenters. The standard InChI is InChI=1S/C19H29FN2O2/c1-3-22(4-2)18(24)19(12-6-5-7-13-19)21-14-17(23)15-8-10-16(20)11-9-15/h8-11,17,21,23H,3-7,12-14H2,1-2H3. The molecule has 1 aromatic carbocycles. The summed E-state index contributed by atoms with van der Waals surface area (Å²) in [4.78, 5) is 14.9. The normalized spacial score (nSPS) is 18.2. The summed E-state index contributed by atoms with van der Waals surface area (Å²) in [7, 11) is 0. The fraction of sp³-hybridized carbons (Fsp3) is 0.632. The van der Waals surface area contributed by atoms with Crippen molar-refractivity contribution in [2.45, 2.75) is 57.6 Å². The number of likely N-dealkylation sites (N-methyl/N-ethyl adjacent to an activating group) is 1. The second kappa shape index (κ2) is 8.58. The van der Waals surface area contributed by atoms with Crippen LogP contribution < -0.4 is 5.32 Å². The number of carbonyl (C=O) groups is 1. The van der Waals surface area contributed by atoms with Crippen LogP contribution in [-0.2, 0) is 4.79 Å². The lowest BCUT2D eigenvalue weighted by molar-refractivity contribution is -0.139. The Balaban J connectivity index is 2.08. The maximum Gasteiger partial charge on any atom is 0.242 e. The molecule has 0 aliphatic heterocycles. The Kier molecular flexibility index (Phi) is 6.75. The van der Waals surface area contributed by atoms with Crippen molar-refractivity contribution >= 4 is 5.91 Å². The molecular weight excluding hydrogens is 307 g/mol. The van der Waals surface area contributed by atoms with E-state index in [4.69, 9.17) is 0 Å². The maximum atomic E-state index is 13.0. The topological polar surface area (TPSA) is 52.6 Å². The van der Waals surface area contributed by atoms with Crippen LogP contribution in [0.2, 0.25) is 0 Å². The predicted octanol–water partition coefficient (Wildman–Crippen LogP) is 3.02. The van der Waals surface area contributed by atoms with E-state index in [0.717, 1.165) is 32.1 Å². The molecule has 0 spiro atoms. The Bertz CT molecular complexity index is 523. The van der Waals surface area contributed by atoms with Crippen LogP contribution in [0.15, 0.2) is 24.3 Å². The highest BCUT2D eigenvalue weighted by Crippen LogP contribution is 2.30. The summed E-state index contributed by atoms with van der Waals surface area (Å²) in [6.45, 7) is 5.66. The molecule has 1 aliphatic carbocycles. The molecule has 0 saturated heterocycles. The number of hydrogen-bond acceptors (Lipinski definition) is 3. The van der Waals surface area contributed by atoms with Crippen molar-refractivity contribution in [1.29, 1.82) is 0 Å². The fourth-order valence-electron chi connectivity index (χ4n) is 3.53. The number of aliphatic hydroxyl groups is 1. The van der Waals surface area contributed by atoms with Crippen molar-refractivity contribution < 1.29 is 14.3 Å². The number of nitrogens with zero attached hydrogens (tertiary/aromatic N) is 1. The molecule has 1 aliphatic rings. The zero-order valence-corrected chi connectivity index (χ0v) is 14.7. The van der Waals surface area contributed by atoms with Gasteiger partial charge in [-0.25, -0.2) is 4.39 Å². The Morgan fingerprint density at radius 1 is 1.21 bits per heavy atom. The van der Waals surface area contributed by atoms with E-state index < -0.39 is 11.6 Å². The fourth-order valence-corrected chi connectivity index (χ4v) is 3.53. The first-order valence-corrected chi connectivity index (χ1v) is 9.00. The molecule has 5 heteroatoms. The lowest BCUT2D eigenvalue weighted by Gasteiger charge is -2.40. The third-order valence-electron chi connectivity index (χ3n) is 5.06. The zero-order chi connectivity index (χ0) is 17.6. The highest BCUT2D eigenvalue weighted by atomic mass is 19.1. The summed E-state index contributed by atoms with van der Waals surface area (Å²) in [6, 6.07) is 5.86. The maximum absolute atomic E-state index is 13.0. The van der Waals surface area contributed by atoms with E-state index in [2.05, 4.69) is 5.32 Å². The highest BCUT2D eigenvalue weighted by molar-refractivity contribution is 5.86. The molecule has 0 bridgehead atoms. The molecule has 134 valence electrons. The number of β-amino-alcohol motifs (C(OH)–C–C–N with tert-alkyl or cyclic N) is 1. The summed E-state index contributed by atoms with van der Waals surface area (Å²) >= 11 is 0. The molecule has 1 unspecified atom stereocenters. The summed E-state index contributed by atoms with van der Waals surface area (Å²) in [5, 5.41) is 13.7.